The molecule has 0 unspecified atom stereocenters. The predicted molar refractivity (Wildman–Crippen MR) is 93.5 cm³/mol. The number of carbonyl (C=O) groups is 2. The number of hydrogen-bond donors (Lipinski definition) is 1. The maximum atomic E-state index is 12.5. The van der Waals surface area contributed by atoms with Crippen LogP contribution in [0.15, 0.2) is 35.7 Å². The van der Waals surface area contributed by atoms with Crippen LogP contribution in [0.1, 0.15) is 18.1 Å². The van der Waals surface area contributed by atoms with E-state index in [1.807, 2.05) is 22.9 Å². The van der Waals surface area contributed by atoms with E-state index >= 15 is 0 Å². The number of amides is 3. The molecule has 126 valence electrons. The van der Waals surface area contributed by atoms with Gasteiger partial charge in [0, 0.05) is 25.5 Å². The van der Waals surface area contributed by atoms with E-state index in [0.717, 1.165) is 10.8 Å². The predicted octanol–water partition coefficient (Wildman–Crippen LogP) is 2.52. The molecule has 1 saturated heterocycles. The van der Waals surface area contributed by atoms with Gasteiger partial charge in [-0.15, -0.1) is 0 Å². The minimum atomic E-state index is -0.389. The lowest BCUT2D eigenvalue weighted by Gasteiger charge is -2.18. The molecule has 1 fully saturated rings. The van der Waals surface area contributed by atoms with Gasteiger partial charge >= 0.3 is 6.03 Å². The van der Waals surface area contributed by atoms with Gasteiger partial charge in [0.15, 0.2) is 5.16 Å². The van der Waals surface area contributed by atoms with Crippen LogP contribution in [0.3, 0.4) is 0 Å². The van der Waals surface area contributed by atoms with Gasteiger partial charge in [-0.25, -0.2) is 9.78 Å². The van der Waals surface area contributed by atoms with Crippen molar-refractivity contribution in [2.75, 3.05) is 13.1 Å². The van der Waals surface area contributed by atoms with Crippen LogP contribution >= 0.6 is 11.8 Å². The molecule has 0 spiro atoms. The Kier molecular flexibility index (Phi) is 4.62. The Morgan fingerprint density at radius 3 is 2.88 bits per heavy atom. The number of aromatic nitrogens is 2. The van der Waals surface area contributed by atoms with Crippen molar-refractivity contribution in [1.82, 2.24) is 19.8 Å². The molecule has 1 aliphatic rings. The van der Waals surface area contributed by atoms with Crippen molar-refractivity contribution in [2.24, 2.45) is 0 Å². The molecule has 0 radical (unpaired) electrons. The second-order valence-electron chi connectivity index (χ2n) is 5.78. The van der Waals surface area contributed by atoms with Crippen molar-refractivity contribution >= 4 is 23.7 Å². The normalized spacial score (nSPS) is 15.5. The topological polar surface area (TPSA) is 67.2 Å². The van der Waals surface area contributed by atoms with Gasteiger partial charge in [0.1, 0.15) is 0 Å². The Hall–Kier alpha value is -2.28. The summed E-state index contributed by atoms with van der Waals surface area (Å²) in [4.78, 5) is 29.8. The average Bonchev–Trinajstić information content (AvgIpc) is 3.18. The smallest absolute Gasteiger partial charge is 0.324 e. The van der Waals surface area contributed by atoms with E-state index in [1.54, 1.807) is 13.1 Å². The zero-order valence-corrected chi connectivity index (χ0v) is 14.8. The standard InChI is InChI=1S/C17H20N4O2S/c1-11-5-4-6-14(12(11)2)20-9-8-19-17(20)24-13(3)15(22)21-10-7-18-16(21)23/h4-6,8-9,13H,7,10H2,1-3H3,(H,18,23)/t13-/m1/s1. The van der Waals surface area contributed by atoms with E-state index in [-0.39, 0.29) is 17.2 Å². The van der Waals surface area contributed by atoms with E-state index in [0.29, 0.717) is 13.1 Å². The molecule has 3 amide bonds. The Bertz CT molecular complexity index is 787. The van der Waals surface area contributed by atoms with Crippen LogP contribution in [-0.4, -0.2) is 44.7 Å². The highest BCUT2D eigenvalue weighted by molar-refractivity contribution is 8.00. The molecule has 1 aromatic carbocycles. The number of benzene rings is 1. The van der Waals surface area contributed by atoms with Crippen molar-refractivity contribution in [3.63, 3.8) is 0 Å². The number of rotatable bonds is 4. The number of imidazole rings is 1. The highest BCUT2D eigenvalue weighted by Crippen LogP contribution is 2.28. The van der Waals surface area contributed by atoms with Gasteiger partial charge in [-0.05, 0) is 38.0 Å². The number of hydrogen-bond acceptors (Lipinski definition) is 4. The molecule has 0 saturated carbocycles. The monoisotopic (exact) mass is 344 g/mol. The van der Waals surface area contributed by atoms with Crippen LogP contribution in [0.5, 0.6) is 0 Å². The number of urea groups is 1. The summed E-state index contributed by atoms with van der Waals surface area (Å²) in [5.41, 5.74) is 3.43. The van der Waals surface area contributed by atoms with Crippen LogP contribution < -0.4 is 5.32 Å². The maximum Gasteiger partial charge on any atom is 0.324 e. The largest absolute Gasteiger partial charge is 0.336 e. The molecule has 6 nitrogen and oxygen atoms in total. The fraction of sp³-hybridized carbons (Fsp3) is 0.353. The SMILES string of the molecule is Cc1cccc(-n2ccnc2S[C@H](C)C(=O)N2CCNC2=O)c1C. The summed E-state index contributed by atoms with van der Waals surface area (Å²) in [5, 5.41) is 3.00. The molecule has 1 aliphatic heterocycles. The molecule has 2 heterocycles. The third-order valence-electron chi connectivity index (χ3n) is 4.20. The van der Waals surface area contributed by atoms with Crippen LogP contribution in [0.25, 0.3) is 5.69 Å². The fourth-order valence-electron chi connectivity index (χ4n) is 2.67. The first-order valence-electron chi connectivity index (χ1n) is 7.85. The van der Waals surface area contributed by atoms with Gasteiger partial charge in [0.25, 0.3) is 0 Å². The van der Waals surface area contributed by atoms with Gasteiger partial charge < -0.3 is 5.32 Å². The lowest BCUT2D eigenvalue weighted by atomic mass is 10.1. The average molecular weight is 344 g/mol. The van der Waals surface area contributed by atoms with Crippen LogP contribution in [-0.2, 0) is 4.79 Å². The molecule has 0 aliphatic carbocycles. The Morgan fingerprint density at radius 2 is 2.17 bits per heavy atom. The number of thioether (sulfide) groups is 1. The maximum absolute atomic E-state index is 12.5. The summed E-state index contributed by atoms with van der Waals surface area (Å²) in [7, 11) is 0. The van der Waals surface area contributed by atoms with Crippen molar-refractivity contribution in [3.8, 4) is 5.69 Å². The van der Waals surface area contributed by atoms with Gasteiger partial charge in [-0.1, -0.05) is 23.9 Å². The van der Waals surface area contributed by atoms with E-state index in [4.69, 9.17) is 0 Å². The van der Waals surface area contributed by atoms with Gasteiger partial charge in [0.2, 0.25) is 5.91 Å². The first-order chi connectivity index (χ1) is 11.5. The van der Waals surface area contributed by atoms with Crippen molar-refractivity contribution in [3.05, 3.63) is 41.7 Å². The molecule has 1 N–H and O–H groups in total. The third kappa shape index (κ3) is 3.03. The Labute approximate surface area is 145 Å². The van der Waals surface area contributed by atoms with E-state index < -0.39 is 0 Å². The number of imide groups is 1. The lowest BCUT2D eigenvalue weighted by Crippen LogP contribution is -2.39. The molecule has 1 atom stereocenters. The zero-order valence-electron chi connectivity index (χ0n) is 13.9. The molecular formula is C17H20N4O2S. The molecule has 7 heteroatoms. The van der Waals surface area contributed by atoms with Gasteiger partial charge in [-0.3, -0.25) is 14.3 Å². The fourth-order valence-corrected chi connectivity index (χ4v) is 3.61. The van der Waals surface area contributed by atoms with Gasteiger partial charge in [0.05, 0.1) is 10.9 Å². The van der Waals surface area contributed by atoms with Crippen molar-refractivity contribution in [1.29, 1.82) is 0 Å². The Morgan fingerprint density at radius 1 is 1.38 bits per heavy atom. The van der Waals surface area contributed by atoms with Crippen LogP contribution in [0.2, 0.25) is 0 Å². The lowest BCUT2D eigenvalue weighted by molar-refractivity contribution is -0.126. The number of aryl methyl sites for hydroxylation is 1. The molecule has 0 bridgehead atoms. The van der Waals surface area contributed by atoms with Crippen molar-refractivity contribution in [2.45, 2.75) is 31.2 Å². The highest BCUT2D eigenvalue weighted by atomic mass is 32.2. The van der Waals surface area contributed by atoms with Crippen molar-refractivity contribution < 1.29 is 9.59 Å². The molecule has 1 aromatic heterocycles. The first-order valence-corrected chi connectivity index (χ1v) is 8.73. The molecule has 24 heavy (non-hydrogen) atoms. The number of carbonyl (C=O) groups excluding carboxylic acids is 2. The summed E-state index contributed by atoms with van der Waals surface area (Å²) in [6.45, 7) is 6.89. The third-order valence-corrected chi connectivity index (χ3v) is 5.26. The number of nitrogens with one attached hydrogen (secondary N) is 1. The first kappa shape index (κ1) is 16.6. The van der Waals surface area contributed by atoms with E-state index in [2.05, 4.69) is 30.2 Å². The molecule has 2 aromatic rings. The van der Waals surface area contributed by atoms with E-state index in [9.17, 15) is 9.59 Å². The summed E-state index contributed by atoms with van der Waals surface area (Å²) in [6, 6.07) is 5.80. The summed E-state index contributed by atoms with van der Waals surface area (Å²) >= 11 is 1.36. The molecule has 3 rings (SSSR count). The number of nitrogens with zero attached hydrogens (tertiary/aromatic N) is 3. The second-order valence-corrected chi connectivity index (χ2v) is 7.09. The minimum Gasteiger partial charge on any atom is -0.336 e. The quantitative estimate of drug-likeness (QED) is 0.866. The highest BCUT2D eigenvalue weighted by Gasteiger charge is 2.30. The summed E-state index contributed by atoms with van der Waals surface area (Å²) in [5.74, 6) is -0.189. The second kappa shape index (κ2) is 6.68. The summed E-state index contributed by atoms with van der Waals surface area (Å²) in [6.07, 6.45) is 3.62. The minimum absolute atomic E-state index is 0.189. The summed E-state index contributed by atoms with van der Waals surface area (Å²) < 4.78 is 1.99. The van der Waals surface area contributed by atoms with E-state index in [1.165, 1.54) is 27.8 Å². The van der Waals surface area contributed by atoms with Crippen LogP contribution in [0, 0.1) is 13.8 Å². The van der Waals surface area contributed by atoms with Crippen LogP contribution in [0.4, 0.5) is 4.79 Å². The Balaban J connectivity index is 1.82. The van der Waals surface area contributed by atoms with Gasteiger partial charge in [-0.2, -0.15) is 0 Å². The zero-order chi connectivity index (χ0) is 17.3. The molecular weight excluding hydrogens is 324 g/mol.